The summed E-state index contributed by atoms with van der Waals surface area (Å²) in [5, 5.41) is 0. The summed E-state index contributed by atoms with van der Waals surface area (Å²) in [4.78, 5) is 26.7. The van der Waals surface area contributed by atoms with E-state index in [0.29, 0.717) is 12.2 Å². The van der Waals surface area contributed by atoms with Crippen molar-refractivity contribution in [3.63, 3.8) is 0 Å². The fraction of sp³-hybridized carbons (Fsp3) is 0.143. The third-order valence-electron chi connectivity index (χ3n) is 2.08. The average molecular weight is 240 g/mol. The highest BCUT2D eigenvalue weighted by molar-refractivity contribution is 5.55. The minimum Gasteiger partial charge on any atom is -0.211 e. The van der Waals surface area contributed by atoms with Gasteiger partial charge >= 0.3 is 0 Å². The molecule has 0 amide bonds. The van der Waals surface area contributed by atoms with Gasteiger partial charge in [-0.05, 0) is 24.1 Å². The van der Waals surface area contributed by atoms with Crippen LogP contribution in [0, 0.1) is 0 Å². The molecular formula is C14H12N2O2. The molecular weight excluding hydrogens is 228 g/mol. The summed E-state index contributed by atoms with van der Waals surface area (Å²) < 4.78 is 0. The van der Waals surface area contributed by atoms with E-state index in [2.05, 4.69) is 9.98 Å². The van der Waals surface area contributed by atoms with Gasteiger partial charge in [0.05, 0.1) is 12.2 Å². The molecule has 0 radical (unpaired) electrons. The van der Waals surface area contributed by atoms with Crippen LogP contribution in [0.5, 0.6) is 0 Å². The monoisotopic (exact) mass is 240 g/mol. The Bertz CT molecular complexity index is 517. The van der Waals surface area contributed by atoms with E-state index in [1.165, 1.54) is 12.2 Å². The largest absolute Gasteiger partial charge is 0.240 e. The summed E-state index contributed by atoms with van der Waals surface area (Å²) >= 11 is 0. The van der Waals surface area contributed by atoms with Gasteiger partial charge in [0.2, 0.25) is 12.2 Å². The quantitative estimate of drug-likeness (QED) is 0.436. The van der Waals surface area contributed by atoms with Gasteiger partial charge < -0.3 is 0 Å². The molecule has 0 aliphatic rings. The summed E-state index contributed by atoms with van der Waals surface area (Å²) in [6.45, 7) is 0.371. The van der Waals surface area contributed by atoms with Gasteiger partial charge in [-0.15, -0.1) is 0 Å². The maximum atomic E-state index is 10.0. The van der Waals surface area contributed by atoms with Crippen LogP contribution in [0.25, 0.3) is 6.08 Å². The number of hydrogen-bond acceptors (Lipinski definition) is 4. The van der Waals surface area contributed by atoms with Crippen LogP contribution in [0.4, 0.5) is 5.69 Å². The van der Waals surface area contributed by atoms with E-state index >= 15 is 0 Å². The Morgan fingerprint density at radius 2 is 1.78 bits per heavy atom. The van der Waals surface area contributed by atoms with E-state index in [1.54, 1.807) is 18.2 Å². The second-order valence-corrected chi connectivity index (χ2v) is 3.34. The highest BCUT2D eigenvalue weighted by atomic mass is 16.1. The fourth-order valence-corrected chi connectivity index (χ4v) is 1.26. The first-order valence-corrected chi connectivity index (χ1v) is 5.40. The Morgan fingerprint density at radius 1 is 1.00 bits per heavy atom. The number of carbonyl (C=O) groups excluding carboxylic acids is 2. The molecule has 90 valence electrons. The normalized spacial score (nSPS) is 10.2. The number of hydrogen-bond donors (Lipinski definition) is 0. The van der Waals surface area contributed by atoms with Crippen molar-refractivity contribution in [2.75, 3.05) is 6.54 Å². The summed E-state index contributed by atoms with van der Waals surface area (Å²) in [5.41, 5.74) is 1.62. The molecule has 0 saturated carbocycles. The molecule has 0 aliphatic heterocycles. The molecule has 0 aromatic heterocycles. The first-order valence-electron chi connectivity index (χ1n) is 5.40. The predicted octanol–water partition coefficient (Wildman–Crippen LogP) is 2.95. The molecule has 0 atom stereocenters. The van der Waals surface area contributed by atoms with Gasteiger partial charge in [0.15, 0.2) is 0 Å². The minimum atomic E-state index is 0.371. The Labute approximate surface area is 105 Å². The number of benzene rings is 1. The molecule has 0 spiro atoms. The molecule has 0 saturated heterocycles. The van der Waals surface area contributed by atoms with Gasteiger partial charge in [0.1, 0.15) is 0 Å². The fourth-order valence-electron chi connectivity index (χ4n) is 1.26. The lowest BCUT2D eigenvalue weighted by Gasteiger charge is -1.93. The van der Waals surface area contributed by atoms with Crippen molar-refractivity contribution >= 4 is 23.9 Å². The molecule has 0 N–H and O–H groups in total. The van der Waals surface area contributed by atoms with E-state index in [0.717, 1.165) is 12.0 Å². The van der Waals surface area contributed by atoms with Crippen LogP contribution < -0.4 is 0 Å². The van der Waals surface area contributed by atoms with E-state index < -0.39 is 0 Å². The maximum Gasteiger partial charge on any atom is 0.240 e. The Kier molecular flexibility index (Phi) is 6.46. The van der Waals surface area contributed by atoms with Crippen LogP contribution in [0.3, 0.4) is 0 Å². The lowest BCUT2D eigenvalue weighted by molar-refractivity contribution is 0.563. The van der Waals surface area contributed by atoms with Crippen molar-refractivity contribution in [3.05, 3.63) is 48.1 Å². The second kappa shape index (κ2) is 8.59. The molecule has 1 rings (SSSR count). The summed E-state index contributed by atoms with van der Waals surface area (Å²) in [5.74, 6) is 0. The van der Waals surface area contributed by atoms with Gasteiger partial charge in [0.25, 0.3) is 0 Å². The highest BCUT2D eigenvalue weighted by Crippen LogP contribution is 2.13. The Balaban J connectivity index is 2.44. The first-order chi connectivity index (χ1) is 8.86. The topological polar surface area (TPSA) is 58.9 Å². The van der Waals surface area contributed by atoms with Crippen LogP contribution in [0.2, 0.25) is 0 Å². The lowest BCUT2D eigenvalue weighted by Crippen LogP contribution is -1.71. The molecule has 0 aliphatic carbocycles. The summed E-state index contributed by atoms with van der Waals surface area (Å²) in [7, 11) is 0. The van der Waals surface area contributed by atoms with E-state index in [-0.39, 0.29) is 0 Å². The maximum absolute atomic E-state index is 10.0. The van der Waals surface area contributed by atoms with Gasteiger partial charge in [-0.2, -0.15) is 4.99 Å². The van der Waals surface area contributed by atoms with Gasteiger partial charge in [0, 0.05) is 0 Å². The van der Waals surface area contributed by atoms with Gasteiger partial charge in [-0.25, -0.2) is 14.6 Å². The van der Waals surface area contributed by atoms with Crippen molar-refractivity contribution in [2.24, 2.45) is 9.98 Å². The average Bonchev–Trinajstić information content (AvgIpc) is 2.40. The molecule has 0 unspecified atom stereocenters. The van der Waals surface area contributed by atoms with Crippen LogP contribution in [-0.2, 0) is 9.59 Å². The van der Waals surface area contributed by atoms with Crippen LogP contribution in [0.1, 0.15) is 12.0 Å². The van der Waals surface area contributed by atoms with Crippen LogP contribution in [-0.4, -0.2) is 18.7 Å². The molecule has 1 aromatic carbocycles. The highest BCUT2D eigenvalue weighted by Gasteiger charge is 1.88. The Hall–Kier alpha value is -2.54. The molecule has 1 aromatic rings. The van der Waals surface area contributed by atoms with Crippen molar-refractivity contribution in [1.29, 1.82) is 0 Å². The van der Waals surface area contributed by atoms with Crippen molar-refractivity contribution in [1.82, 2.24) is 0 Å². The Morgan fingerprint density at radius 3 is 2.44 bits per heavy atom. The first kappa shape index (κ1) is 13.5. The van der Waals surface area contributed by atoms with Gasteiger partial charge in [-0.3, -0.25) is 0 Å². The zero-order valence-electron chi connectivity index (χ0n) is 9.74. The molecule has 0 heterocycles. The lowest BCUT2D eigenvalue weighted by atomic mass is 10.2. The third-order valence-corrected chi connectivity index (χ3v) is 2.08. The van der Waals surface area contributed by atoms with E-state index in [9.17, 15) is 9.59 Å². The van der Waals surface area contributed by atoms with Crippen molar-refractivity contribution < 1.29 is 9.59 Å². The summed E-state index contributed by atoms with van der Waals surface area (Å²) in [6.07, 6.45) is 11.4. The third kappa shape index (κ3) is 5.52. The predicted molar refractivity (Wildman–Crippen MR) is 70.0 cm³/mol. The summed E-state index contributed by atoms with van der Waals surface area (Å²) in [6, 6.07) is 7.23. The molecule has 0 fully saturated rings. The number of rotatable bonds is 6. The molecule has 18 heavy (non-hydrogen) atoms. The van der Waals surface area contributed by atoms with Crippen molar-refractivity contribution in [3.8, 4) is 0 Å². The number of allylic oxidation sites excluding steroid dienone is 2. The number of aliphatic imine (C=N–C) groups is 2. The van der Waals surface area contributed by atoms with Crippen LogP contribution >= 0.6 is 0 Å². The van der Waals surface area contributed by atoms with Crippen molar-refractivity contribution in [2.45, 2.75) is 6.42 Å². The van der Waals surface area contributed by atoms with E-state index in [4.69, 9.17) is 0 Å². The molecule has 4 nitrogen and oxygen atoms in total. The minimum absolute atomic E-state index is 0.371. The zero-order chi connectivity index (χ0) is 13.1. The van der Waals surface area contributed by atoms with Crippen LogP contribution in [0.15, 0.2) is 52.5 Å². The zero-order valence-corrected chi connectivity index (χ0v) is 9.74. The van der Waals surface area contributed by atoms with Gasteiger partial charge in [-0.1, -0.05) is 36.4 Å². The smallest absolute Gasteiger partial charge is 0.211 e. The number of isocyanates is 2. The SMILES string of the molecule is O=C=NCC=CCC=Cc1ccc(N=C=O)cc1. The second-order valence-electron chi connectivity index (χ2n) is 3.34. The number of nitrogens with zero attached hydrogens (tertiary/aromatic N) is 2. The molecule has 0 bridgehead atoms. The standard InChI is InChI=1S/C14H12N2O2/c17-11-15-10-4-2-1-3-5-13-6-8-14(9-7-13)16-12-18/h2-9H,1,10H2. The molecule has 4 heteroatoms. The van der Waals surface area contributed by atoms with E-state index in [1.807, 2.05) is 30.4 Å².